The average molecular weight is 509 g/mol. The van der Waals surface area contributed by atoms with Crippen LogP contribution in [0.5, 0.6) is 11.5 Å². The summed E-state index contributed by atoms with van der Waals surface area (Å²) in [6, 6.07) is 13.8. The second kappa shape index (κ2) is 13.8. The third-order valence-electron chi connectivity index (χ3n) is 6.63. The maximum Gasteiger partial charge on any atom is 0.295 e. The minimum absolute atomic E-state index is 0.0949. The predicted molar refractivity (Wildman–Crippen MR) is 146 cm³/mol. The molecule has 1 heterocycles. The van der Waals surface area contributed by atoms with Crippen molar-refractivity contribution in [1.82, 2.24) is 9.80 Å². The van der Waals surface area contributed by atoms with E-state index < -0.39 is 17.7 Å². The Balaban J connectivity index is 2.02. The van der Waals surface area contributed by atoms with Crippen molar-refractivity contribution in [3.63, 3.8) is 0 Å². The Morgan fingerprint density at radius 3 is 2.27 bits per heavy atom. The molecule has 2 aromatic carbocycles. The van der Waals surface area contributed by atoms with Gasteiger partial charge in [-0.05, 0) is 55.8 Å². The lowest BCUT2D eigenvalue weighted by Gasteiger charge is -2.28. The highest BCUT2D eigenvalue weighted by atomic mass is 16.5. The number of ketones is 1. The predicted octanol–water partition coefficient (Wildman–Crippen LogP) is 5.42. The largest absolute Gasteiger partial charge is 0.507 e. The Kier molecular flexibility index (Phi) is 10.6. The molecule has 1 aliphatic rings. The standard InChI is InChI=1S/C30H40N2O5/c1-5-9-20-37-25-12-10-11-23(21-25)28(33)26-27(22-13-15-24(16-14-22)36-19-6-2)32(30(35)29(26)34)18-17-31(7-3)8-4/h10-16,21,27,33H,5-9,17-20H2,1-4H3/b28-26+. The molecule has 0 radical (unpaired) electrons. The van der Waals surface area contributed by atoms with E-state index in [1.807, 2.05) is 37.3 Å². The molecule has 1 atom stereocenters. The number of hydrogen-bond donors (Lipinski definition) is 1. The van der Waals surface area contributed by atoms with E-state index in [4.69, 9.17) is 9.47 Å². The molecule has 7 nitrogen and oxygen atoms in total. The third kappa shape index (κ3) is 6.92. The van der Waals surface area contributed by atoms with E-state index in [1.54, 1.807) is 23.1 Å². The Morgan fingerprint density at radius 1 is 0.919 bits per heavy atom. The minimum atomic E-state index is -0.694. The van der Waals surface area contributed by atoms with E-state index in [0.29, 0.717) is 37.6 Å². The van der Waals surface area contributed by atoms with Crippen molar-refractivity contribution in [2.24, 2.45) is 0 Å². The number of hydrogen-bond acceptors (Lipinski definition) is 6. The molecule has 3 rings (SSSR count). The monoisotopic (exact) mass is 508 g/mol. The van der Waals surface area contributed by atoms with Gasteiger partial charge in [-0.1, -0.05) is 58.4 Å². The summed E-state index contributed by atoms with van der Waals surface area (Å²) in [6.45, 7) is 12.2. The zero-order valence-electron chi connectivity index (χ0n) is 22.5. The highest BCUT2D eigenvalue weighted by Crippen LogP contribution is 2.40. The first-order chi connectivity index (χ1) is 17.9. The summed E-state index contributed by atoms with van der Waals surface area (Å²) in [5.41, 5.74) is 1.29. The van der Waals surface area contributed by atoms with E-state index in [1.165, 1.54) is 0 Å². The number of ether oxygens (including phenoxy) is 2. The van der Waals surface area contributed by atoms with Gasteiger partial charge in [0.25, 0.3) is 11.7 Å². The molecular formula is C30H40N2O5. The van der Waals surface area contributed by atoms with E-state index in [9.17, 15) is 14.7 Å². The zero-order chi connectivity index (χ0) is 26.8. The smallest absolute Gasteiger partial charge is 0.295 e. The van der Waals surface area contributed by atoms with Crippen molar-refractivity contribution in [1.29, 1.82) is 0 Å². The molecule has 1 fully saturated rings. The number of likely N-dealkylation sites (tertiary alicyclic amines) is 1. The first-order valence-corrected chi connectivity index (χ1v) is 13.4. The van der Waals surface area contributed by atoms with Gasteiger partial charge in [0.2, 0.25) is 0 Å². The topological polar surface area (TPSA) is 79.3 Å². The van der Waals surface area contributed by atoms with Crippen LogP contribution in [0.1, 0.15) is 64.1 Å². The molecular weight excluding hydrogens is 468 g/mol. The summed E-state index contributed by atoms with van der Waals surface area (Å²) in [6.07, 6.45) is 2.83. The lowest BCUT2D eigenvalue weighted by Crippen LogP contribution is -2.38. The van der Waals surface area contributed by atoms with Gasteiger partial charge in [-0.2, -0.15) is 0 Å². The first-order valence-electron chi connectivity index (χ1n) is 13.4. The van der Waals surface area contributed by atoms with Gasteiger partial charge in [0.1, 0.15) is 17.3 Å². The first kappa shape index (κ1) is 28.3. The van der Waals surface area contributed by atoms with E-state index in [0.717, 1.165) is 43.7 Å². The molecule has 200 valence electrons. The van der Waals surface area contributed by atoms with Gasteiger partial charge in [-0.15, -0.1) is 0 Å². The number of likely N-dealkylation sites (N-methyl/N-ethyl adjacent to an activating group) is 1. The molecule has 1 aliphatic heterocycles. The van der Waals surface area contributed by atoms with Crippen LogP contribution in [0.3, 0.4) is 0 Å². The van der Waals surface area contributed by atoms with Crippen LogP contribution in [0.15, 0.2) is 54.1 Å². The van der Waals surface area contributed by atoms with Crippen LogP contribution in [-0.4, -0.2) is 66.0 Å². The number of Topliss-reactive ketones (excluding diaryl/α,β-unsaturated/α-hetero) is 1. The maximum atomic E-state index is 13.3. The van der Waals surface area contributed by atoms with Crippen molar-refractivity contribution in [3.8, 4) is 11.5 Å². The summed E-state index contributed by atoms with van der Waals surface area (Å²) in [4.78, 5) is 30.3. The van der Waals surface area contributed by atoms with Crippen molar-refractivity contribution in [2.45, 2.75) is 53.0 Å². The van der Waals surface area contributed by atoms with Gasteiger partial charge in [0, 0.05) is 18.7 Å². The molecule has 0 aromatic heterocycles. The molecule has 2 aromatic rings. The molecule has 1 N–H and O–H groups in total. The van der Waals surface area contributed by atoms with Gasteiger partial charge in [-0.3, -0.25) is 9.59 Å². The van der Waals surface area contributed by atoms with E-state index in [-0.39, 0.29) is 11.3 Å². The average Bonchev–Trinajstić information content (AvgIpc) is 3.17. The number of carbonyl (C=O) groups is 2. The van der Waals surface area contributed by atoms with Crippen LogP contribution in [0.2, 0.25) is 0 Å². The lowest BCUT2D eigenvalue weighted by molar-refractivity contribution is -0.140. The normalized spacial score (nSPS) is 17.0. The summed E-state index contributed by atoms with van der Waals surface area (Å²) in [5.74, 6) is -0.128. The number of unbranched alkanes of at least 4 members (excludes halogenated alkanes) is 1. The second-order valence-corrected chi connectivity index (χ2v) is 9.17. The van der Waals surface area contributed by atoms with Crippen LogP contribution in [0.4, 0.5) is 0 Å². The maximum absolute atomic E-state index is 13.3. The summed E-state index contributed by atoms with van der Waals surface area (Å²) in [5, 5.41) is 11.4. The number of amides is 1. The summed E-state index contributed by atoms with van der Waals surface area (Å²) >= 11 is 0. The lowest BCUT2D eigenvalue weighted by atomic mass is 9.95. The minimum Gasteiger partial charge on any atom is -0.507 e. The highest BCUT2D eigenvalue weighted by Gasteiger charge is 2.46. The summed E-state index contributed by atoms with van der Waals surface area (Å²) in [7, 11) is 0. The van der Waals surface area contributed by atoms with Gasteiger partial charge in [0.15, 0.2) is 0 Å². The number of rotatable bonds is 14. The van der Waals surface area contributed by atoms with Crippen molar-refractivity contribution >= 4 is 17.4 Å². The zero-order valence-corrected chi connectivity index (χ0v) is 22.5. The fourth-order valence-corrected chi connectivity index (χ4v) is 4.44. The Hall–Kier alpha value is -3.32. The number of nitrogens with zero attached hydrogens (tertiary/aromatic N) is 2. The molecule has 0 aliphatic carbocycles. The highest BCUT2D eigenvalue weighted by molar-refractivity contribution is 6.46. The second-order valence-electron chi connectivity index (χ2n) is 9.17. The Morgan fingerprint density at radius 2 is 1.62 bits per heavy atom. The van der Waals surface area contributed by atoms with Crippen molar-refractivity contribution < 1.29 is 24.2 Å². The number of aliphatic hydroxyl groups excluding tert-OH is 1. The molecule has 0 bridgehead atoms. The van der Waals surface area contributed by atoms with Crippen LogP contribution in [0.25, 0.3) is 5.76 Å². The number of benzene rings is 2. The molecule has 0 saturated carbocycles. The van der Waals surface area contributed by atoms with Crippen LogP contribution in [-0.2, 0) is 9.59 Å². The Bertz CT molecular complexity index is 1080. The fourth-order valence-electron chi connectivity index (χ4n) is 4.44. The van der Waals surface area contributed by atoms with Gasteiger partial charge in [-0.25, -0.2) is 0 Å². The fraction of sp³-hybridized carbons (Fsp3) is 0.467. The van der Waals surface area contributed by atoms with Gasteiger partial charge < -0.3 is 24.4 Å². The molecule has 1 unspecified atom stereocenters. The van der Waals surface area contributed by atoms with Gasteiger partial charge in [0.05, 0.1) is 24.8 Å². The molecule has 1 amide bonds. The molecule has 37 heavy (non-hydrogen) atoms. The quantitative estimate of drug-likeness (QED) is 0.159. The number of carbonyl (C=O) groups excluding carboxylic acids is 2. The van der Waals surface area contributed by atoms with Crippen molar-refractivity contribution in [3.05, 3.63) is 65.2 Å². The van der Waals surface area contributed by atoms with Crippen LogP contribution >= 0.6 is 0 Å². The van der Waals surface area contributed by atoms with E-state index in [2.05, 4.69) is 25.7 Å². The van der Waals surface area contributed by atoms with Crippen molar-refractivity contribution in [2.75, 3.05) is 39.4 Å². The van der Waals surface area contributed by atoms with Crippen LogP contribution in [0, 0.1) is 0 Å². The van der Waals surface area contributed by atoms with E-state index >= 15 is 0 Å². The molecule has 7 heteroatoms. The van der Waals surface area contributed by atoms with Gasteiger partial charge >= 0.3 is 0 Å². The summed E-state index contributed by atoms with van der Waals surface area (Å²) < 4.78 is 11.5. The number of aliphatic hydroxyl groups is 1. The van der Waals surface area contributed by atoms with Crippen LogP contribution < -0.4 is 9.47 Å². The molecule has 0 spiro atoms. The third-order valence-corrected chi connectivity index (χ3v) is 6.63. The SMILES string of the molecule is CCCCOc1cccc(/C(O)=C2\C(=O)C(=O)N(CCN(CC)CC)C2c2ccc(OCCC)cc2)c1. The molecule has 1 saturated heterocycles. The Labute approximate surface area is 220 Å².